The van der Waals surface area contributed by atoms with Gasteiger partial charge in [0.15, 0.2) is 0 Å². The Morgan fingerprint density at radius 3 is 2.06 bits per heavy atom. The van der Waals surface area contributed by atoms with E-state index in [1.807, 2.05) is 61.5 Å². The van der Waals surface area contributed by atoms with Crippen molar-refractivity contribution in [2.75, 3.05) is 7.11 Å². The van der Waals surface area contributed by atoms with Gasteiger partial charge < -0.3 is 4.74 Å². The Labute approximate surface area is 189 Å². The smallest absolute Gasteiger partial charge is 0.316 e. The lowest BCUT2D eigenvalue weighted by atomic mass is 9.80. The highest BCUT2D eigenvalue weighted by Crippen LogP contribution is 2.39. The number of carbonyl (C=O) groups excluding carboxylic acids is 2. The van der Waals surface area contributed by atoms with Crippen LogP contribution in [0.5, 0.6) is 0 Å². The molecule has 0 saturated carbocycles. The summed E-state index contributed by atoms with van der Waals surface area (Å²) in [5, 5.41) is -0.378. The summed E-state index contributed by atoms with van der Waals surface area (Å²) >= 11 is 0. The van der Waals surface area contributed by atoms with Crippen molar-refractivity contribution in [1.29, 1.82) is 0 Å². The van der Waals surface area contributed by atoms with Crippen molar-refractivity contribution < 1.29 is 18.5 Å². The number of benzene rings is 2. The van der Waals surface area contributed by atoms with Gasteiger partial charge in [0.25, 0.3) is 0 Å². The number of aryl methyl sites for hydroxylation is 1. The van der Waals surface area contributed by atoms with Crippen LogP contribution < -0.4 is 0 Å². The first kappa shape index (κ1) is 25.2. The van der Waals surface area contributed by atoms with E-state index in [1.54, 1.807) is 6.92 Å². The molecule has 0 amide bonds. The highest BCUT2D eigenvalue weighted by atomic mass is 32.2. The van der Waals surface area contributed by atoms with Crippen LogP contribution in [0.4, 0.5) is 0 Å². The van der Waals surface area contributed by atoms with Crippen LogP contribution in [-0.2, 0) is 25.1 Å². The third-order valence-corrected chi connectivity index (χ3v) is 9.14. The Balaban J connectivity index is 2.70. The quantitative estimate of drug-likeness (QED) is 0.273. The van der Waals surface area contributed by atoms with E-state index in [0.29, 0.717) is 0 Å². The Hall–Kier alpha value is -2.05. The Kier molecular flexibility index (Phi) is 8.95. The highest BCUT2D eigenvalue weighted by molar-refractivity contribution is 7.85. The number of rotatable bonds is 10. The van der Waals surface area contributed by atoms with Gasteiger partial charge >= 0.3 is 5.97 Å². The highest BCUT2D eigenvalue weighted by Gasteiger charge is 2.44. The van der Waals surface area contributed by atoms with Crippen LogP contribution in [0, 0.1) is 12.8 Å². The van der Waals surface area contributed by atoms with Crippen LogP contribution in [0.25, 0.3) is 0 Å². The maximum Gasteiger partial charge on any atom is 0.316 e. The molecule has 2 aromatic carbocycles. The minimum absolute atomic E-state index is 0.179. The van der Waals surface area contributed by atoms with Crippen LogP contribution >= 0.6 is 0 Å². The van der Waals surface area contributed by atoms with Crippen molar-refractivity contribution in [3.05, 3.63) is 65.7 Å². The zero-order valence-electron chi connectivity index (χ0n) is 19.4. The molecule has 0 spiro atoms. The molecule has 6 heteroatoms. The van der Waals surface area contributed by atoms with Crippen molar-refractivity contribution in [2.24, 2.45) is 5.92 Å². The van der Waals surface area contributed by atoms with Gasteiger partial charge in [-0.2, -0.15) is 0 Å². The summed E-state index contributed by atoms with van der Waals surface area (Å²) in [4.78, 5) is 26.6. The predicted octanol–water partition coefficient (Wildman–Crippen LogP) is 5.36. The van der Waals surface area contributed by atoms with Crippen molar-refractivity contribution >= 4 is 30.6 Å². The van der Waals surface area contributed by atoms with Crippen LogP contribution in [0.2, 0.25) is 25.7 Å². The first-order valence-corrected chi connectivity index (χ1v) is 15.6. The van der Waals surface area contributed by atoms with E-state index in [-0.39, 0.29) is 17.5 Å². The second-order valence-corrected chi connectivity index (χ2v) is 16.4. The molecule has 0 aliphatic carbocycles. The molecule has 0 aliphatic rings. The molecule has 0 unspecified atom stereocenters. The van der Waals surface area contributed by atoms with Crippen molar-refractivity contribution in [3.8, 4) is 0 Å². The number of methoxy groups -OCH3 is 1. The predicted molar refractivity (Wildman–Crippen MR) is 130 cm³/mol. The molecule has 0 bridgehead atoms. The van der Waals surface area contributed by atoms with Gasteiger partial charge in [0.2, 0.25) is 0 Å². The molecule has 0 N–H and O–H groups in total. The lowest BCUT2D eigenvalue weighted by molar-refractivity contribution is -0.150. The van der Waals surface area contributed by atoms with Gasteiger partial charge in [-0.3, -0.25) is 13.8 Å². The normalized spacial score (nSPS) is 15.5. The average molecular weight is 459 g/mol. The molecule has 4 nitrogen and oxygen atoms in total. The third kappa shape index (κ3) is 6.71. The molecule has 168 valence electrons. The minimum atomic E-state index is -1.71. The molecule has 0 heterocycles. The zero-order valence-corrected chi connectivity index (χ0v) is 21.2. The zero-order chi connectivity index (χ0) is 23.2. The van der Waals surface area contributed by atoms with E-state index in [0.717, 1.165) is 22.1 Å². The summed E-state index contributed by atoms with van der Waals surface area (Å²) in [6, 6.07) is 17.9. The van der Waals surface area contributed by atoms with Gasteiger partial charge in [-0.05, 0) is 30.7 Å². The summed E-state index contributed by atoms with van der Waals surface area (Å²) in [5.74, 6) is -2.23. The van der Waals surface area contributed by atoms with E-state index in [2.05, 4.69) is 19.6 Å². The number of ether oxygens (including phenoxy) is 1. The van der Waals surface area contributed by atoms with E-state index in [4.69, 9.17) is 4.74 Å². The molecule has 4 atom stereocenters. The molecule has 0 fully saturated rings. The van der Waals surface area contributed by atoms with Crippen LogP contribution in [-0.4, -0.2) is 36.4 Å². The molecule has 2 aromatic rings. The van der Waals surface area contributed by atoms with Crippen molar-refractivity contribution in [1.82, 2.24) is 0 Å². The van der Waals surface area contributed by atoms with Gasteiger partial charge in [-0.1, -0.05) is 74.6 Å². The second-order valence-electron chi connectivity index (χ2n) is 9.17. The fourth-order valence-electron chi connectivity index (χ4n) is 3.91. The molecular weight excluding hydrogens is 424 g/mol. The topological polar surface area (TPSA) is 60.4 Å². The molecule has 31 heavy (non-hydrogen) atoms. The Bertz CT molecular complexity index is 887. The number of hydrogen-bond acceptors (Lipinski definition) is 4. The fourth-order valence-corrected chi connectivity index (χ4v) is 8.81. The van der Waals surface area contributed by atoms with Gasteiger partial charge in [0.05, 0.1) is 17.9 Å². The standard InChI is InChI=1S/C25H34O4SSi/c1-7-21(26)24(25(27)29-3)23(19-11-9-8-10-12-19)22(17-31(4,5)6)30(28)20-15-13-18(2)14-16-20/h8-16,22-24H,7,17H2,1-6H3/t22-,23+,24-,30-/m0/s1. The summed E-state index contributed by atoms with van der Waals surface area (Å²) < 4.78 is 19.0. The molecule has 2 rings (SSSR count). The number of esters is 1. The summed E-state index contributed by atoms with van der Waals surface area (Å²) in [6.07, 6.45) is 0.222. The maximum atomic E-state index is 13.9. The lowest BCUT2D eigenvalue weighted by Gasteiger charge is -2.34. The summed E-state index contributed by atoms with van der Waals surface area (Å²) in [5.41, 5.74) is 1.94. The SMILES string of the molecule is CCC(=O)[C@H](C(=O)OC)[C@H](c1ccccc1)[C@H](C[Si](C)(C)C)[S@@](=O)c1ccc(C)cc1. The maximum absolute atomic E-state index is 13.9. The number of carbonyl (C=O) groups is 2. The van der Waals surface area contributed by atoms with E-state index >= 15 is 0 Å². The minimum Gasteiger partial charge on any atom is -0.468 e. The van der Waals surface area contributed by atoms with E-state index < -0.39 is 36.7 Å². The number of hydrogen-bond donors (Lipinski definition) is 0. The first-order chi connectivity index (χ1) is 14.6. The molecular formula is C25H34O4SSi. The first-order valence-electron chi connectivity index (χ1n) is 10.7. The van der Waals surface area contributed by atoms with E-state index in [9.17, 15) is 13.8 Å². The number of Topliss-reactive ketones (excluding diaryl/α,β-unsaturated/α-hetero) is 1. The monoisotopic (exact) mass is 458 g/mol. The van der Waals surface area contributed by atoms with Gasteiger partial charge in [0, 0.05) is 30.6 Å². The van der Waals surface area contributed by atoms with Gasteiger partial charge in [-0.25, -0.2) is 0 Å². The number of ketones is 1. The van der Waals surface area contributed by atoms with Crippen LogP contribution in [0.15, 0.2) is 59.5 Å². The molecule has 0 radical (unpaired) electrons. The Morgan fingerprint density at radius 1 is 1.00 bits per heavy atom. The van der Waals surface area contributed by atoms with Crippen molar-refractivity contribution in [3.63, 3.8) is 0 Å². The average Bonchev–Trinajstić information content (AvgIpc) is 2.75. The summed E-state index contributed by atoms with van der Waals surface area (Å²) in [6.45, 7) is 10.4. The second kappa shape index (κ2) is 11.0. The van der Waals surface area contributed by atoms with Crippen LogP contribution in [0.3, 0.4) is 0 Å². The van der Waals surface area contributed by atoms with E-state index in [1.165, 1.54) is 7.11 Å². The fraction of sp³-hybridized carbons (Fsp3) is 0.440. The van der Waals surface area contributed by atoms with Gasteiger partial charge in [0.1, 0.15) is 11.7 Å². The third-order valence-electron chi connectivity index (χ3n) is 5.44. The van der Waals surface area contributed by atoms with Crippen molar-refractivity contribution in [2.45, 2.75) is 62.0 Å². The lowest BCUT2D eigenvalue weighted by Crippen LogP contribution is -2.42. The van der Waals surface area contributed by atoms with Crippen LogP contribution in [0.1, 0.15) is 30.4 Å². The molecule has 0 aliphatic heterocycles. The largest absolute Gasteiger partial charge is 0.468 e. The Morgan fingerprint density at radius 2 is 1.58 bits per heavy atom. The van der Waals surface area contributed by atoms with Gasteiger partial charge in [-0.15, -0.1) is 0 Å². The molecule has 0 aromatic heterocycles. The molecule has 0 saturated heterocycles. The summed E-state index contributed by atoms with van der Waals surface area (Å²) in [7, 11) is -1.79.